The molecule has 1 aromatic heterocycles. The largest absolute Gasteiger partial charge is 0.504 e. The predicted molar refractivity (Wildman–Crippen MR) is 87.3 cm³/mol. The van der Waals surface area contributed by atoms with Crippen LogP contribution < -0.4 is 10.6 Å². The number of hydrogen-bond acceptors (Lipinski definition) is 6. The fraction of sp³-hybridized carbons (Fsp3) is 0.250. The van der Waals surface area contributed by atoms with Gasteiger partial charge in [0.05, 0.1) is 10.9 Å². The van der Waals surface area contributed by atoms with Gasteiger partial charge in [0, 0.05) is 0 Å². The molecule has 27 heavy (non-hydrogen) atoms. The summed E-state index contributed by atoms with van der Waals surface area (Å²) in [7, 11) is 0. The van der Waals surface area contributed by atoms with E-state index < -0.39 is 47.2 Å². The Morgan fingerprint density at radius 2 is 1.89 bits per heavy atom. The molecule has 2 aromatic rings. The van der Waals surface area contributed by atoms with Crippen molar-refractivity contribution in [3.05, 3.63) is 46.2 Å². The quantitative estimate of drug-likeness (QED) is 0.399. The van der Waals surface area contributed by atoms with Crippen LogP contribution in [0, 0.1) is 5.92 Å². The van der Waals surface area contributed by atoms with E-state index >= 15 is 0 Å². The summed E-state index contributed by atoms with van der Waals surface area (Å²) in [6.45, 7) is 0. The fourth-order valence-electron chi connectivity index (χ4n) is 2.92. The van der Waals surface area contributed by atoms with Crippen LogP contribution in [0.3, 0.4) is 0 Å². The van der Waals surface area contributed by atoms with Gasteiger partial charge in [0.25, 0.3) is 0 Å². The van der Waals surface area contributed by atoms with E-state index in [1.165, 1.54) is 22.8 Å². The molecule has 0 radical (unpaired) electrons. The Labute approximate surface area is 154 Å². The van der Waals surface area contributed by atoms with Crippen LogP contribution >= 0.6 is 11.3 Å². The minimum Gasteiger partial charge on any atom is -0.504 e. The normalized spacial score (nSPS) is 25.6. The van der Waals surface area contributed by atoms with Crippen LogP contribution in [0.4, 0.5) is 18.0 Å². The van der Waals surface area contributed by atoms with Crippen LogP contribution in [0.15, 0.2) is 35.7 Å². The first-order valence-corrected chi connectivity index (χ1v) is 8.40. The number of urea groups is 1. The summed E-state index contributed by atoms with van der Waals surface area (Å²) >= 11 is 0.882. The average Bonchev–Trinajstić information content (AvgIpc) is 3.09. The molecule has 2 heterocycles. The lowest BCUT2D eigenvalue weighted by Crippen LogP contribution is -2.72. The number of Topliss-reactive ketones (excluding diaryl/α,β-unsaturated/α-hetero) is 1. The zero-order valence-electron chi connectivity index (χ0n) is 13.3. The standard InChI is InChI=1S/C16H13F3N2O5S/c17-16(18,19)15(26)11(13(24)10-2-1-5-27-10)12(20-14(25)21-15)7-3-4-8(22)9(23)6-7/h1-6,11-12,22-23,26H,(H2,20,21,25)/t11-,12+,15-/m0/s1. The molecule has 1 fully saturated rings. The highest BCUT2D eigenvalue weighted by molar-refractivity contribution is 7.12. The number of alkyl halides is 3. The molecule has 11 heteroatoms. The van der Waals surface area contributed by atoms with E-state index in [0.717, 1.165) is 29.5 Å². The Morgan fingerprint density at radius 1 is 1.19 bits per heavy atom. The third kappa shape index (κ3) is 3.19. The van der Waals surface area contributed by atoms with Gasteiger partial charge in [0.15, 0.2) is 17.3 Å². The lowest BCUT2D eigenvalue weighted by atomic mass is 9.78. The second-order valence-corrected chi connectivity index (χ2v) is 6.86. The first kappa shape index (κ1) is 19.0. The molecule has 0 bridgehead atoms. The number of amides is 2. The number of aromatic hydroxyl groups is 2. The van der Waals surface area contributed by atoms with E-state index in [1.54, 1.807) is 0 Å². The van der Waals surface area contributed by atoms with Crippen molar-refractivity contribution in [3.63, 3.8) is 0 Å². The number of aliphatic hydroxyl groups is 1. The Kier molecular flexibility index (Phi) is 4.52. The van der Waals surface area contributed by atoms with Crippen LogP contribution in [0.25, 0.3) is 0 Å². The van der Waals surface area contributed by atoms with Gasteiger partial charge in [0.2, 0.25) is 5.72 Å². The molecule has 7 nitrogen and oxygen atoms in total. The molecule has 0 aliphatic carbocycles. The van der Waals surface area contributed by atoms with Crippen LogP contribution in [0.5, 0.6) is 11.5 Å². The summed E-state index contributed by atoms with van der Waals surface area (Å²) in [6, 6.07) is 2.84. The Morgan fingerprint density at radius 3 is 2.44 bits per heavy atom. The van der Waals surface area contributed by atoms with Gasteiger partial charge in [-0.05, 0) is 29.1 Å². The fourth-order valence-corrected chi connectivity index (χ4v) is 3.63. The smallest absolute Gasteiger partial charge is 0.437 e. The number of rotatable bonds is 3. The number of phenols is 2. The van der Waals surface area contributed by atoms with Gasteiger partial charge in [-0.1, -0.05) is 12.1 Å². The molecule has 3 rings (SSSR count). The average molecular weight is 402 g/mol. The van der Waals surface area contributed by atoms with Crippen LogP contribution in [0.2, 0.25) is 0 Å². The van der Waals surface area contributed by atoms with Gasteiger partial charge in [-0.3, -0.25) is 4.79 Å². The number of thiophene rings is 1. The van der Waals surface area contributed by atoms with Gasteiger partial charge in [-0.15, -0.1) is 11.3 Å². The van der Waals surface area contributed by atoms with Crippen molar-refractivity contribution in [2.75, 3.05) is 0 Å². The zero-order chi connectivity index (χ0) is 20.0. The SMILES string of the molecule is O=C1N[C@H](c2ccc(O)c(O)c2)[C@@H](C(=O)c2cccs2)[C@](O)(C(F)(F)F)N1. The Balaban J connectivity index is 2.17. The molecule has 0 unspecified atom stereocenters. The topological polar surface area (TPSA) is 119 Å². The molecule has 1 aliphatic rings. The van der Waals surface area contributed by atoms with E-state index in [-0.39, 0.29) is 10.4 Å². The minimum atomic E-state index is -5.36. The van der Waals surface area contributed by atoms with Gasteiger partial charge in [0.1, 0.15) is 5.92 Å². The number of hydrogen-bond donors (Lipinski definition) is 5. The van der Waals surface area contributed by atoms with Gasteiger partial charge >= 0.3 is 12.2 Å². The predicted octanol–water partition coefficient (Wildman–Crippen LogP) is 2.26. The molecule has 144 valence electrons. The summed E-state index contributed by atoms with van der Waals surface area (Å²) < 4.78 is 41.0. The number of carbonyl (C=O) groups is 2. The molecule has 1 saturated heterocycles. The molecule has 5 N–H and O–H groups in total. The second-order valence-electron chi connectivity index (χ2n) is 5.91. The molecule has 3 atom stereocenters. The number of carbonyl (C=O) groups excluding carboxylic acids is 2. The van der Waals surface area contributed by atoms with E-state index in [2.05, 4.69) is 5.32 Å². The molecule has 0 spiro atoms. The third-order valence-electron chi connectivity index (χ3n) is 4.21. The van der Waals surface area contributed by atoms with E-state index in [0.29, 0.717) is 0 Å². The molecule has 0 saturated carbocycles. The van der Waals surface area contributed by atoms with Gasteiger partial charge in [-0.2, -0.15) is 13.2 Å². The highest BCUT2D eigenvalue weighted by atomic mass is 32.1. The first-order valence-electron chi connectivity index (χ1n) is 7.52. The highest BCUT2D eigenvalue weighted by Gasteiger charge is 2.66. The van der Waals surface area contributed by atoms with Crippen LogP contribution in [0.1, 0.15) is 21.3 Å². The lowest BCUT2D eigenvalue weighted by molar-refractivity contribution is -0.287. The Bertz CT molecular complexity index is 887. The summed E-state index contributed by atoms with van der Waals surface area (Å²) in [5.41, 5.74) is -3.94. The van der Waals surface area contributed by atoms with Gasteiger partial charge in [-0.25, -0.2) is 4.79 Å². The van der Waals surface area contributed by atoms with E-state index in [4.69, 9.17) is 0 Å². The minimum absolute atomic E-state index is 0.0476. The number of ketones is 1. The molecular formula is C16H13F3N2O5S. The molecular weight excluding hydrogens is 389 g/mol. The summed E-state index contributed by atoms with van der Waals surface area (Å²) in [5.74, 6) is -4.42. The first-order chi connectivity index (χ1) is 12.5. The van der Waals surface area contributed by atoms with Crippen LogP contribution in [-0.2, 0) is 0 Å². The molecule has 1 aromatic carbocycles. The maximum absolute atomic E-state index is 13.7. The van der Waals surface area contributed by atoms with E-state index in [1.807, 2.05) is 0 Å². The van der Waals surface area contributed by atoms with E-state index in [9.17, 15) is 38.1 Å². The lowest BCUT2D eigenvalue weighted by Gasteiger charge is -2.44. The number of halogens is 3. The third-order valence-corrected chi connectivity index (χ3v) is 5.10. The van der Waals surface area contributed by atoms with Crippen molar-refractivity contribution in [1.29, 1.82) is 0 Å². The molecule has 2 amide bonds. The number of phenolic OH excluding ortho intramolecular Hbond substituents is 2. The van der Waals surface area contributed by atoms with Crippen molar-refractivity contribution in [3.8, 4) is 11.5 Å². The number of benzene rings is 1. The van der Waals surface area contributed by atoms with Crippen molar-refractivity contribution < 1.29 is 38.1 Å². The van der Waals surface area contributed by atoms with Crippen molar-refractivity contribution in [2.24, 2.45) is 5.92 Å². The summed E-state index contributed by atoms with van der Waals surface area (Å²) in [6.07, 6.45) is -5.36. The van der Waals surface area contributed by atoms with Crippen LogP contribution in [-0.4, -0.2) is 39.0 Å². The van der Waals surface area contributed by atoms with Crippen molar-refractivity contribution in [2.45, 2.75) is 17.9 Å². The monoisotopic (exact) mass is 402 g/mol. The Hall–Kier alpha value is -2.79. The second kappa shape index (κ2) is 6.43. The van der Waals surface area contributed by atoms with Gasteiger partial charge < -0.3 is 26.0 Å². The zero-order valence-corrected chi connectivity index (χ0v) is 14.1. The maximum Gasteiger partial charge on any atom is 0.437 e. The van der Waals surface area contributed by atoms with Crippen molar-refractivity contribution >= 4 is 23.2 Å². The number of nitrogens with one attached hydrogen (secondary N) is 2. The summed E-state index contributed by atoms with van der Waals surface area (Å²) in [5, 5.41) is 34.5. The maximum atomic E-state index is 13.7. The van der Waals surface area contributed by atoms with Crippen molar-refractivity contribution in [1.82, 2.24) is 10.6 Å². The summed E-state index contributed by atoms with van der Waals surface area (Å²) in [4.78, 5) is 24.6. The highest BCUT2D eigenvalue weighted by Crippen LogP contribution is 2.45. The molecule has 1 aliphatic heterocycles.